The van der Waals surface area contributed by atoms with Crippen LogP contribution in [-0.4, -0.2) is 42.9 Å². The zero-order valence-electron chi connectivity index (χ0n) is 11.9. The van der Waals surface area contributed by atoms with Crippen molar-refractivity contribution in [3.63, 3.8) is 0 Å². The lowest BCUT2D eigenvalue weighted by Gasteiger charge is -2.48. The highest BCUT2D eigenvalue weighted by molar-refractivity contribution is 6.33. The molecule has 2 unspecified atom stereocenters. The average molecular weight is 293 g/mol. The van der Waals surface area contributed by atoms with Gasteiger partial charge in [0, 0.05) is 30.7 Å². The summed E-state index contributed by atoms with van der Waals surface area (Å²) >= 11 is 6.37. The van der Waals surface area contributed by atoms with Gasteiger partial charge in [-0.1, -0.05) is 18.0 Å². The first-order valence-corrected chi connectivity index (χ1v) is 7.82. The molecule has 0 aliphatic carbocycles. The topological polar surface area (TPSA) is 23.6 Å². The van der Waals surface area contributed by atoms with Gasteiger partial charge in [-0.15, -0.1) is 0 Å². The molecule has 108 valence electrons. The van der Waals surface area contributed by atoms with Crippen molar-refractivity contribution in [2.24, 2.45) is 0 Å². The smallest absolute Gasteiger partial charge is 0.150 e. The summed E-state index contributed by atoms with van der Waals surface area (Å²) in [6.45, 7) is 5.65. The third kappa shape index (κ3) is 2.57. The monoisotopic (exact) mass is 292 g/mol. The minimum atomic E-state index is 0.462. The number of halogens is 1. The highest BCUT2D eigenvalue weighted by Crippen LogP contribution is 2.32. The molecule has 0 aromatic heterocycles. The summed E-state index contributed by atoms with van der Waals surface area (Å²) in [5.41, 5.74) is 1.71. The number of carbonyl (C=O) groups is 1. The van der Waals surface area contributed by atoms with E-state index in [9.17, 15) is 4.79 Å². The molecule has 2 saturated heterocycles. The van der Waals surface area contributed by atoms with Crippen LogP contribution in [0.15, 0.2) is 18.2 Å². The number of nitrogens with zero attached hydrogens (tertiary/aromatic N) is 2. The van der Waals surface area contributed by atoms with Crippen LogP contribution in [0.25, 0.3) is 0 Å². The van der Waals surface area contributed by atoms with E-state index in [1.54, 1.807) is 6.07 Å². The maximum Gasteiger partial charge on any atom is 0.150 e. The Balaban J connectivity index is 1.84. The standard InChI is InChI=1S/C16H21ClN2O/c1-12-9-18-7-3-2-4-14(18)10-19(12)16-6-5-13(11-20)8-15(16)17/h5-6,8,11-12,14H,2-4,7,9-10H2,1H3. The fraction of sp³-hybridized carbons (Fsp3) is 0.562. The van der Waals surface area contributed by atoms with Gasteiger partial charge in [-0.25, -0.2) is 0 Å². The third-order valence-electron chi connectivity index (χ3n) is 4.60. The molecule has 0 radical (unpaired) electrons. The second-order valence-electron chi connectivity index (χ2n) is 5.97. The lowest BCUT2D eigenvalue weighted by atomic mass is 9.96. The third-order valence-corrected chi connectivity index (χ3v) is 4.91. The quantitative estimate of drug-likeness (QED) is 0.782. The van der Waals surface area contributed by atoms with E-state index in [-0.39, 0.29) is 0 Å². The van der Waals surface area contributed by atoms with Gasteiger partial charge in [0.25, 0.3) is 0 Å². The van der Waals surface area contributed by atoms with Crippen LogP contribution in [0.3, 0.4) is 0 Å². The molecule has 0 saturated carbocycles. The summed E-state index contributed by atoms with van der Waals surface area (Å²) in [7, 11) is 0. The Bertz CT molecular complexity index is 505. The molecule has 2 atom stereocenters. The molecule has 2 aliphatic heterocycles. The second kappa shape index (κ2) is 5.74. The van der Waals surface area contributed by atoms with Gasteiger partial charge in [0.1, 0.15) is 6.29 Å². The van der Waals surface area contributed by atoms with Gasteiger partial charge in [0.15, 0.2) is 0 Å². The van der Waals surface area contributed by atoms with Gasteiger partial charge in [0.05, 0.1) is 10.7 Å². The number of benzene rings is 1. The number of anilines is 1. The molecule has 1 aromatic carbocycles. The van der Waals surface area contributed by atoms with E-state index in [4.69, 9.17) is 11.6 Å². The Morgan fingerprint density at radius 1 is 1.30 bits per heavy atom. The minimum absolute atomic E-state index is 0.462. The summed E-state index contributed by atoms with van der Waals surface area (Å²) in [5.74, 6) is 0. The molecule has 20 heavy (non-hydrogen) atoms. The van der Waals surface area contributed by atoms with E-state index < -0.39 is 0 Å². The largest absolute Gasteiger partial charge is 0.365 e. The van der Waals surface area contributed by atoms with Gasteiger partial charge >= 0.3 is 0 Å². The maximum atomic E-state index is 10.8. The average Bonchev–Trinajstić information content (AvgIpc) is 2.46. The van der Waals surface area contributed by atoms with Crippen molar-refractivity contribution in [2.45, 2.75) is 38.3 Å². The number of fused-ring (bicyclic) bond motifs is 1. The van der Waals surface area contributed by atoms with E-state index in [0.717, 1.165) is 25.1 Å². The summed E-state index contributed by atoms with van der Waals surface area (Å²) < 4.78 is 0. The first kappa shape index (κ1) is 13.9. The molecule has 2 aliphatic rings. The zero-order chi connectivity index (χ0) is 14.1. The maximum absolute atomic E-state index is 10.8. The van der Waals surface area contributed by atoms with Crippen LogP contribution in [-0.2, 0) is 0 Å². The minimum Gasteiger partial charge on any atom is -0.365 e. The van der Waals surface area contributed by atoms with E-state index in [0.29, 0.717) is 22.7 Å². The molecule has 1 aromatic rings. The van der Waals surface area contributed by atoms with Crippen molar-refractivity contribution in [1.29, 1.82) is 0 Å². The Morgan fingerprint density at radius 2 is 2.15 bits per heavy atom. The van der Waals surface area contributed by atoms with Crippen LogP contribution in [0.4, 0.5) is 5.69 Å². The van der Waals surface area contributed by atoms with Crippen LogP contribution in [0, 0.1) is 0 Å². The molecule has 2 fully saturated rings. The lowest BCUT2D eigenvalue weighted by Crippen LogP contribution is -2.58. The van der Waals surface area contributed by atoms with Crippen molar-refractivity contribution in [1.82, 2.24) is 4.90 Å². The normalized spacial score (nSPS) is 27.2. The number of piperazine rings is 1. The van der Waals surface area contributed by atoms with E-state index >= 15 is 0 Å². The molecule has 0 amide bonds. The van der Waals surface area contributed by atoms with Crippen molar-refractivity contribution >= 4 is 23.6 Å². The van der Waals surface area contributed by atoms with Crippen LogP contribution in [0.1, 0.15) is 36.5 Å². The molecule has 0 bridgehead atoms. The lowest BCUT2D eigenvalue weighted by molar-refractivity contribution is 0.112. The van der Waals surface area contributed by atoms with Crippen LogP contribution < -0.4 is 4.90 Å². The molecule has 0 spiro atoms. The second-order valence-corrected chi connectivity index (χ2v) is 6.38. The SMILES string of the molecule is CC1CN2CCCCC2CN1c1ccc(C=O)cc1Cl. The zero-order valence-corrected chi connectivity index (χ0v) is 12.6. The molecule has 3 nitrogen and oxygen atoms in total. The predicted molar refractivity (Wildman–Crippen MR) is 82.9 cm³/mol. The highest BCUT2D eigenvalue weighted by atomic mass is 35.5. The van der Waals surface area contributed by atoms with Crippen LogP contribution in [0.5, 0.6) is 0 Å². The highest BCUT2D eigenvalue weighted by Gasteiger charge is 2.33. The molecular formula is C16H21ClN2O. The number of hydrogen-bond acceptors (Lipinski definition) is 3. The first-order chi connectivity index (χ1) is 9.69. The Morgan fingerprint density at radius 3 is 2.90 bits per heavy atom. The Labute approximate surface area is 125 Å². The van der Waals surface area contributed by atoms with Crippen molar-refractivity contribution in [2.75, 3.05) is 24.5 Å². The molecule has 3 rings (SSSR count). The number of piperidine rings is 1. The fourth-order valence-corrected chi connectivity index (χ4v) is 3.81. The van der Waals surface area contributed by atoms with Gasteiger partial charge in [-0.05, 0) is 44.5 Å². The Hall–Kier alpha value is -1.06. The molecule has 0 N–H and O–H groups in total. The van der Waals surface area contributed by atoms with Gasteiger partial charge in [-0.3, -0.25) is 9.69 Å². The summed E-state index contributed by atoms with van der Waals surface area (Å²) in [4.78, 5) is 15.8. The van der Waals surface area contributed by atoms with E-state index in [1.165, 1.54) is 25.8 Å². The number of rotatable bonds is 2. The van der Waals surface area contributed by atoms with E-state index in [2.05, 4.69) is 16.7 Å². The van der Waals surface area contributed by atoms with Crippen molar-refractivity contribution in [3.05, 3.63) is 28.8 Å². The van der Waals surface area contributed by atoms with Gasteiger partial charge in [-0.2, -0.15) is 0 Å². The van der Waals surface area contributed by atoms with E-state index in [1.807, 2.05) is 12.1 Å². The van der Waals surface area contributed by atoms with Gasteiger partial charge < -0.3 is 4.90 Å². The van der Waals surface area contributed by atoms with Crippen LogP contribution >= 0.6 is 11.6 Å². The molecule has 2 heterocycles. The summed E-state index contributed by atoms with van der Waals surface area (Å²) in [6, 6.07) is 6.73. The predicted octanol–water partition coefficient (Wildman–Crippen LogP) is 3.22. The summed E-state index contributed by atoms with van der Waals surface area (Å²) in [5, 5.41) is 0.686. The number of hydrogen-bond donors (Lipinski definition) is 0. The molecular weight excluding hydrogens is 272 g/mol. The fourth-order valence-electron chi connectivity index (χ4n) is 3.52. The number of aldehydes is 1. The van der Waals surface area contributed by atoms with Crippen molar-refractivity contribution in [3.8, 4) is 0 Å². The molecule has 4 heteroatoms. The number of carbonyl (C=O) groups excluding carboxylic acids is 1. The van der Waals surface area contributed by atoms with Crippen LogP contribution in [0.2, 0.25) is 5.02 Å². The van der Waals surface area contributed by atoms with Gasteiger partial charge in [0.2, 0.25) is 0 Å². The summed E-state index contributed by atoms with van der Waals surface area (Å²) in [6.07, 6.45) is 4.80. The first-order valence-electron chi connectivity index (χ1n) is 7.44. The van der Waals surface area contributed by atoms with Crippen molar-refractivity contribution < 1.29 is 4.79 Å². The Kier molecular flexibility index (Phi) is 3.99.